The zero-order valence-corrected chi connectivity index (χ0v) is 10.8. The SMILES string of the molecule is Nc1ccccc1CNC(=O)c1cnn2ccccc12. The molecule has 0 atom stereocenters. The van der Waals surface area contributed by atoms with Gasteiger partial charge in [0.05, 0.1) is 17.3 Å². The summed E-state index contributed by atoms with van der Waals surface area (Å²) in [7, 11) is 0. The number of amides is 1. The standard InChI is InChI=1S/C15H14N4O/c16-13-6-2-1-5-11(13)9-17-15(20)12-10-18-19-8-4-3-7-14(12)19/h1-8,10H,9,16H2,(H,17,20). The minimum Gasteiger partial charge on any atom is -0.398 e. The number of nitrogens with two attached hydrogens (primary N) is 1. The van der Waals surface area contributed by atoms with Crippen molar-refractivity contribution >= 4 is 17.1 Å². The van der Waals surface area contributed by atoms with Crippen molar-refractivity contribution in [3.8, 4) is 0 Å². The van der Waals surface area contributed by atoms with Crippen LogP contribution in [0.3, 0.4) is 0 Å². The van der Waals surface area contributed by atoms with E-state index < -0.39 is 0 Å². The van der Waals surface area contributed by atoms with E-state index in [-0.39, 0.29) is 5.91 Å². The van der Waals surface area contributed by atoms with Crippen molar-refractivity contribution < 1.29 is 4.79 Å². The number of pyridine rings is 1. The Bertz CT molecular complexity index is 763. The van der Waals surface area contributed by atoms with E-state index in [1.807, 2.05) is 42.5 Å². The molecule has 1 amide bonds. The number of nitrogens with zero attached hydrogens (tertiary/aromatic N) is 2. The molecule has 0 spiro atoms. The quantitative estimate of drug-likeness (QED) is 0.710. The van der Waals surface area contributed by atoms with Gasteiger partial charge < -0.3 is 11.1 Å². The Balaban J connectivity index is 1.79. The van der Waals surface area contributed by atoms with Gasteiger partial charge in [0.25, 0.3) is 5.91 Å². The Morgan fingerprint density at radius 3 is 2.85 bits per heavy atom. The fraction of sp³-hybridized carbons (Fsp3) is 0.0667. The average Bonchev–Trinajstić information content (AvgIpc) is 2.90. The van der Waals surface area contributed by atoms with Crippen LogP contribution in [0.1, 0.15) is 15.9 Å². The Kier molecular flexibility index (Phi) is 3.09. The van der Waals surface area contributed by atoms with Crippen LogP contribution in [0, 0.1) is 0 Å². The highest BCUT2D eigenvalue weighted by Crippen LogP contribution is 2.12. The number of nitrogen functional groups attached to an aromatic ring is 1. The van der Waals surface area contributed by atoms with Crippen molar-refractivity contribution in [2.75, 3.05) is 5.73 Å². The maximum Gasteiger partial charge on any atom is 0.255 e. The molecule has 2 aromatic heterocycles. The number of para-hydroxylation sites is 1. The van der Waals surface area contributed by atoms with Crippen molar-refractivity contribution in [2.24, 2.45) is 0 Å². The number of hydrogen-bond acceptors (Lipinski definition) is 3. The molecule has 3 aromatic rings. The number of carbonyl (C=O) groups is 1. The number of nitrogens with one attached hydrogen (secondary N) is 1. The topological polar surface area (TPSA) is 72.4 Å². The van der Waals surface area contributed by atoms with Crippen LogP contribution in [-0.4, -0.2) is 15.5 Å². The van der Waals surface area contributed by atoms with Gasteiger partial charge in [-0.25, -0.2) is 4.52 Å². The molecule has 0 aliphatic rings. The molecule has 0 aliphatic carbocycles. The van der Waals surface area contributed by atoms with E-state index in [4.69, 9.17) is 5.73 Å². The minimum absolute atomic E-state index is 0.158. The summed E-state index contributed by atoms with van der Waals surface area (Å²) in [5, 5.41) is 7.01. The van der Waals surface area contributed by atoms with Crippen LogP contribution >= 0.6 is 0 Å². The zero-order valence-electron chi connectivity index (χ0n) is 10.8. The molecule has 0 bridgehead atoms. The maximum absolute atomic E-state index is 12.2. The van der Waals surface area contributed by atoms with Crippen molar-refractivity contribution in [1.82, 2.24) is 14.9 Å². The monoisotopic (exact) mass is 266 g/mol. The summed E-state index contributed by atoms with van der Waals surface area (Å²) in [5.41, 5.74) is 8.76. The van der Waals surface area contributed by atoms with E-state index in [2.05, 4.69) is 10.4 Å². The molecule has 100 valence electrons. The Labute approximate surface area is 116 Å². The van der Waals surface area contributed by atoms with Crippen molar-refractivity contribution in [3.05, 3.63) is 66.0 Å². The van der Waals surface area contributed by atoms with Crippen LogP contribution in [0.15, 0.2) is 54.9 Å². The lowest BCUT2D eigenvalue weighted by molar-refractivity contribution is 0.0952. The van der Waals surface area contributed by atoms with Gasteiger partial charge in [0.1, 0.15) is 0 Å². The van der Waals surface area contributed by atoms with E-state index in [0.717, 1.165) is 11.1 Å². The molecular formula is C15H14N4O. The first-order valence-electron chi connectivity index (χ1n) is 6.29. The summed E-state index contributed by atoms with van der Waals surface area (Å²) in [6.45, 7) is 0.398. The second-order valence-corrected chi connectivity index (χ2v) is 4.47. The van der Waals surface area contributed by atoms with Crippen LogP contribution < -0.4 is 11.1 Å². The lowest BCUT2D eigenvalue weighted by Crippen LogP contribution is -2.23. The number of hydrogen-bond donors (Lipinski definition) is 2. The normalized spacial score (nSPS) is 10.6. The third kappa shape index (κ3) is 2.21. The largest absolute Gasteiger partial charge is 0.398 e. The van der Waals surface area contributed by atoms with Crippen molar-refractivity contribution in [1.29, 1.82) is 0 Å². The van der Waals surface area contributed by atoms with Gasteiger partial charge in [-0.05, 0) is 23.8 Å². The van der Waals surface area contributed by atoms with Crippen molar-refractivity contribution in [2.45, 2.75) is 6.54 Å². The number of carbonyl (C=O) groups excluding carboxylic acids is 1. The van der Waals surface area contributed by atoms with Crippen LogP contribution in [0.5, 0.6) is 0 Å². The van der Waals surface area contributed by atoms with E-state index in [9.17, 15) is 4.79 Å². The molecule has 1 aromatic carbocycles. The van der Waals surface area contributed by atoms with Gasteiger partial charge in [0.2, 0.25) is 0 Å². The second-order valence-electron chi connectivity index (χ2n) is 4.47. The first-order valence-corrected chi connectivity index (χ1v) is 6.29. The number of aromatic nitrogens is 2. The highest BCUT2D eigenvalue weighted by atomic mass is 16.1. The lowest BCUT2D eigenvalue weighted by atomic mass is 10.1. The molecule has 0 saturated carbocycles. The van der Waals surface area contributed by atoms with Crippen molar-refractivity contribution in [3.63, 3.8) is 0 Å². The molecule has 3 N–H and O–H groups in total. The third-order valence-electron chi connectivity index (χ3n) is 3.17. The van der Waals surface area contributed by atoms with Crippen LogP contribution in [0.2, 0.25) is 0 Å². The zero-order chi connectivity index (χ0) is 13.9. The summed E-state index contributed by atoms with van der Waals surface area (Å²) < 4.78 is 1.67. The second kappa shape index (κ2) is 5.05. The predicted octanol–water partition coefficient (Wildman–Crippen LogP) is 1.85. The van der Waals surface area contributed by atoms with Gasteiger partial charge in [0.15, 0.2) is 0 Å². The molecule has 5 heteroatoms. The Hall–Kier alpha value is -2.82. The smallest absolute Gasteiger partial charge is 0.255 e. The summed E-state index contributed by atoms with van der Waals surface area (Å²) in [5.74, 6) is -0.158. The fourth-order valence-electron chi connectivity index (χ4n) is 2.08. The van der Waals surface area contributed by atoms with E-state index in [1.54, 1.807) is 16.9 Å². The van der Waals surface area contributed by atoms with Gasteiger partial charge in [-0.2, -0.15) is 5.10 Å². The van der Waals surface area contributed by atoms with Gasteiger partial charge in [-0.3, -0.25) is 4.79 Å². The summed E-state index contributed by atoms with van der Waals surface area (Å²) in [6.07, 6.45) is 3.38. The molecule has 0 unspecified atom stereocenters. The summed E-state index contributed by atoms with van der Waals surface area (Å²) >= 11 is 0. The Morgan fingerprint density at radius 1 is 1.20 bits per heavy atom. The van der Waals surface area contributed by atoms with Gasteiger partial charge >= 0.3 is 0 Å². The van der Waals surface area contributed by atoms with E-state index in [1.165, 1.54) is 0 Å². The number of rotatable bonds is 3. The lowest BCUT2D eigenvalue weighted by Gasteiger charge is -2.06. The fourth-order valence-corrected chi connectivity index (χ4v) is 2.08. The number of benzene rings is 1. The maximum atomic E-state index is 12.2. The molecule has 3 rings (SSSR count). The van der Waals surface area contributed by atoms with Crippen LogP contribution in [0.4, 0.5) is 5.69 Å². The molecular weight excluding hydrogens is 252 g/mol. The highest BCUT2D eigenvalue weighted by molar-refractivity contribution is 6.00. The van der Waals surface area contributed by atoms with E-state index >= 15 is 0 Å². The first kappa shape index (κ1) is 12.2. The Morgan fingerprint density at radius 2 is 2.00 bits per heavy atom. The van der Waals surface area contributed by atoms with Crippen LogP contribution in [0.25, 0.3) is 5.52 Å². The molecule has 20 heavy (non-hydrogen) atoms. The molecule has 5 nitrogen and oxygen atoms in total. The first-order chi connectivity index (χ1) is 9.75. The molecule has 0 fully saturated rings. The molecule has 2 heterocycles. The van der Waals surface area contributed by atoms with E-state index in [0.29, 0.717) is 17.8 Å². The number of anilines is 1. The van der Waals surface area contributed by atoms with Gasteiger partial charge in [0, 0.05) is 18.4 Å². The highest BCUT2D eigenvalue weighted by Gasteiger charge is 2.12. The number of fused-ring (bicyclic) bond motifs is 1. The molecule has 0 radical (unpaired) electrons. The predicted molar refractivity (Wildman–Crippen MR) is 77.2 cm³/mol. The summed E-state index contributed by atoms with van der Waals surface area (Å²) in [4.78, 5) is 12.2. The van der Waals surface area contributed by atoms with Crippen LogP contribution in [-0.2, 0) is 6.54 Å². The molecule has 0 aliphatic heterocycles. The average molecular weight is 266 g/mol. The minimum atomic E-state index is -0.158. The van der Waals surface area contributed by atoms with Gasteiger partial charge in [-0.1, -0.05) is 24.3 Å². The summed E-state index contributed by atoms with van der Waals surface area (Å²) in [6, 6.07) is 13.1. The third-order valence-corrected chi connectivity index (χ3v) is 3.17. The van der Waals surface area contributed by atoms with Gasteiger partial charge in [-0.15, -0.1) is 0 Å². The molecule has 0 saturated heterocycles.